The Labute approximate surface area is 96.1 Å². The van der Waals surface area contributed by atoms with E-state index in [9.17, 15) is 13.5 Å². The fourth-order valence-corrected chi connectivity index (χ4v) is 2.84. The lowest BCUT2D eigenvalue weighted by Crippen LogP contribution is -2.45. The summed E-state index contributed by atoms with van der Waals surface area (Å²) in [4.78, 5) is 0. The molecule has 0 bridgehead atoms. The molecule has 3 nitrogen and oxygen atoms in total. The minimum Gasteiger partial charge on any atom is -0.389 e. The number of aliphatic hydroxyl groups is 1. The van der Waals surface area contributed by atoms with E-state index < -0.39 is 23.9 Å². The topological polar surface area (TPSA) is 54.4 Å². The largest absolute Gasteiger partial charge is 0.389 e. The third kappa shape index (κ3) is 3.18. The van der Waals surface area contributed by atoms with Gasteiger partial charge in [0.15, 0.2) is 9.84 Å². The highest BCUT2D eigenvalue weighted by Crippen LogP contribution is 2.42. The second kappa shape index (κ2) is 3.79. The molecular formula is C7H14Br2O3S. The molecular weight excluding hydrogens is 324 g/mol. The van der Waals surface area contributed by atoms with Gasteiger partial charge in [-0.25, -0.2) is 8.42 Å². The molecule has 0 saturated heterocycles. The van der Waals surface area contributed by atoms with Crippen LogP contribution in [-0.4, -0.2) is 28.4 Å². The van der Waals surface area contributed by atoms with Crippen LogP contribution in [0.3, 0.4) is 0 Å². The number of hydrogen-bond acceptors (Lipinski definition) is 3. The second-order valence-corrected chi connectivity index (χ2v) is 10.9. The lowest BCUT2D eigenvalue weighted by molar-refractivity contribution is 0.0722. The molecule has 1 N–H and O–H groups in total. The zero-order valence-corrected chi connectivity index (χ0v) is 12.0. The van der Waals surface area contributed by atoms with Gasteiger partial charge < -0.3 is 5.11 Å². The van der Waals surface area contributed by atoms with E-state index in [-0.39, 0.29) is 0 Å². The first-order valence-corrected chi connectivity index (χ1v) is 7.14. The summed E-state index contributed by atoms with van der Waals surface area (Å²) in [5.41, 5.74) is -0.518. The van der Waals surface area contributed by atoms with Crippen LogP contribution >= 0.6 is 31.9 Å². The number of hydrogen-bond donors (Lipinski definition) is 1. The van der Waals surface area contributed by atoms with Gasteiger partial charge >= 0.3 is 0 Å². The molecule has 0 aliphatic heterocycles. The number of sulfone groups is 1. The SMILES string of the molecule is CC(C)(C)[C@H](O)C(Br)(Br)S(C)(=O)=O. The van der Waals surface area contributed by atoms with Crippen molar-refractivity contribution in [2.75, 3.05) is 6.26 Å². The number of aliphatic hydroxyl groups excluding tert-OH is 1. The Bertz CT molecular complexity index is 277. The Hall–Kier alpha value is 0.870. The van der Waals surface area contributed by atoms with Gasteiger partial charge in [0.1, 0.15) is 0 Å². The number of alkyl halides is 2. The first-order valence-electron chi connectivity index (χ1n) is 3.66. The van der Waals surface area contributed by atoms with Crippen LogP contribution in [0.25, 0.3) is 0 Å². The molecule has 80 valence electrons. The molecule has 13 heavy (non-hydrogen) atoms. The lowest BCUT2D eigenvalue weighted by atomic mass is 9.90. The molecule has 1 atom stereocenters. The van der Waals surface area contributed by atoms with Crippen LogP contribution in [0.2, 0.25) is 0 Å². The van der Waals surface area contributed by atoms with Crippen molar-refractivity contribution in [2.45, 2.75) is 29.4 Å². The van der Waals surface area contributed by atoms with Crippen LogP contribution in [0.15, 0.2) is 0 Å². The van der Waals surface area contributed by atoms with Crippen molar-refractivity contribution in [1.29, 1.82) is 0 Å². The average Bonchev–Trinajstić information content (AvgIpc) is 1.81. The van der Waals surface area contributed by atoms with Crippen LogP contribution in [0, 0.1) is 5.41 Å². The Morgan fingerprint density at radius 2 is 1.54 bits per heavy atom. The van der Waals surface area contributed by atoms with Gasteiger partial charge in [-0.05, 0) is 5.41 Å². The Kier molecular flexibility index (Phi) is 4.04. The Balaban J connectivity index is 5.09. The van der Waals surface area contributed by atoms with Crippen LogP contribution in [-0.2, 0) is 9.84 Å². The van der Waals surface area contributed by atoms with Gasteiger partial charge in [0.25, 0.3) is 0 Å². The third-order valence-corrected chi connectivity index (χ3v) is 7.24. The summed E-state index contributed by atoms with van der Waals surface area (Å²) >= 11 is 5.96. The zero-order chi connectivity index (χ0) is 11.1. The number of halogens is 2. The van der Waals surface area contributed by atoms with E-state index >= 15 is 0 Å². The van der Waals surface area contributed by atoms with Gasteiger partial charge in [0.2, 0.25) is 2.57 Å². The quantitative estimate of drug-likeness (QED) is 0.783. The van der Waals surface area contributed by atoms with E-state index in [2.05, 4.69) is 31.9 Å². The normalized spacial score (nSPS) is 17.2. The van der Waals surface area contributed by atoms with E-state index in [0.29, 0.717) is 0 Å². The molecule has 0 aliphatic carbocycles. The summed E-state index contributed by atoms with van der Waals surface area (Å²) in [6.45, 7) is 5.29. The summed E-state index contributed by atoms with van der Waals surface area (Å²) in [5, 5.41) is 9.78. The predicted octanol–water partition coefficient (Wildman–Crippen LogP) is 1.88. The maximum absolute atomic E-state index is 11.3. The maximum atomic E-state index is 11.3. The first kappa shape index (κ1) is 13.9. The van der Waals surface area contributed by atoms with Crippen molar-refractivity contribution in [3.05, 3.63) is 0 Å². The van der Waals surface area contributed by atoms with E-state index in [1.54, 1.807) is 20.8 Å². The van der Waals surface area contributed by atoms with Gasteiger partial charge in [-0.1, -0.05) is 52.6 Å². The monoisotopic (exact) mass is 336 g/mol. The molecule has 0 heterocycles. The fourth-order valence-electron chi connectivity index (χ4n) is 0.707. The summed E-state index contributed by atoms with van der Waals surface area (Å²) in [6.07, 6.45) is 0.0286. The molecule has 0 saturated carbocycles. The standard InChI is InChI=1S/C7H14Br2O3S/c1-6(2,3)5(10)7(8,9)13(4,11)12/h5,10H,1-4H3/t5-/m0/s1. The van der Waals surface area contributed by atoms with Gasteiger partial charge in [-0.15, -0.1) is 0 Å². The predicted molar refractivity (Wildman–Crippen MR) is 60.9 cm³/mol. The minimum atomic E-state index is -3.40. The third-order valence-electron chi connectivity index (χ3n) is 1.63. The summed E-state index contributed by atoms with van der Waals surface area (Å²) < 4.78 is 21.1. The Morgan fingerprint density at radius 3 is 1.62 bits per heavy atom. The van der Waals surface area contributed by atoms with Crippen LogP contribution in [0.4, 0.5) is 0 Å². The summed E-state index contributed by atoms with van der Waals surface area (Å²) in [7, 11) is -3.40. The molecule has 0 unspecified atom stereocenters. The van der Waals surface area contributed by atoms with Crippen molar-refractivity contribution >= 4 is 41.7 Å². The zero-order valence-electron chi connectivity index (χ0n) is 8.01. The lowest BCUT2D eigenvalue weighted by Gasteiger charge is -2.34. The van der Waals surface area contributed by atoms with E-state index in [1.165, 1.54) is 0 Å². The average molecular weight is 338 g/mol. The van der Waals surface area contributed by atoms with Crippen LogP contribution in [0.5, 0.6) is 0 Å². The highest BCUT2D eigenvalue weighted by atomic mass is 79.9. The van der Waals surface area contributed by atoms with Crippen molar-refractivity contribution < 1.29 is 13.5 Å². The van der Waals surface area contributed by atoms with Gasteiger partial charge in [-0.3, -0.25) is 0 Å². The molecule has 0 aromatic rings. The van der Waals surface area contributed by atoms with Gasteiger partial charge in [0.05, 0.1) is 6.10 Å². The smallest absolute Gasteiger partial charge is 0.206 e. The molecule has 0 fully saturated rings. The molecule has 0 aromatic heterocycles. The molecule has 0 amide bonds. The van der Waals surface area contributed by atoms with Crippen LogP contribution < -0.4 is 0 Å². The first-order chi connectivity index (χ1) is 5.40. The molecule has 0 rings (SSSR count). The minimum absolute atomic E-state index is 0.518. The highest BCUT2D eigenvalue weighted by Gasteiger charge is 2.47. The van der Waals surface area contributed by atoms with Gasteiger partial charge in [0, 0.05) is 6.26 Å². The van der Waals surface area contributed by atoms with Crippen molar-refractivity contribution in [3.8, 4) is 0 Å². The molecule has 0 spiro atoms. The second-order valence-electron chi connectivity index (χ2n) is 4.10. The van der Waals surface area contributed by atoms with E-state index in [4.69, 9.17) is 0 Å². The highest BCUT2D eigenvalue weighted by molar-refractivity contribution is 9.28. The molecule has 0 aromatic carbocycles. The number of rotatable bonds is 2. The van der Waals surface area contributed by atoms with E-state index in [1.807, 2.05) is 0 Å². The van der Waals surface area contributed by atoms with Crippen LogP contribution in [0.1, 0.15) is 20.8 Å². The molecule has 6 heteroatoms. The van der Waals surface area contributed by atoms with Gasteiger partial charge in [-0.2, -0.15) is 0 Å². The fraction of sp³-hybridized carbons (Fsp3) is 1.00. The Morgan fingerprint density at radius 1 is 1.23 bits per heavy atom. The van der Waals surface area contributed by atoms with Crippen molar-refractivity contribution in [2.24, 2.45) is 5.41 Å². The van der Waals surface area contributed by atoms with E-state index in [0.717, 1.165) is 6.26 Å². The molecule has 0 aliphatic rings. The van der Waals surface area contributed by atoms with Crippen molar-refractivity contribution in [3.63, 3.8) is 0 Å². The summed E-state index contributed by atoms with van der Waals surface area (Å²) in [6, 6.07) is 0. The van der Waals surface area contributed by atoms with Crippen molar-refractivity contribution in [1.82, 2.24) is 0 Å². The summed E-state index contributed by atoms with van der Waals surface area (Å²) in [5.74, 6) is 0. The maximum Gasteiger partial charge on any atom is 0.206 e. The molecule has 0 radical (unpaired) electrons.